The van der Waals surface area contributed by atoms with Gasteiger partial charge in [0.05, 0.1) is 22.1 Å². The molecule has 0 aliphatic carbocycles. The lowest BCUT2D eigenvalue weighted by atomic mass is 10.0. The van der Waals surface area contributed by atoms with E-state index in [4.69, 9.17) is 28.3 Å². The van der Waals surface area contributed by atoms with Gasteiger partial charge in [-0.15, -0.1) is 0 Å². The molecular formula is C12H14Cl2N2O4. The molecule has 0 heterocycles. The van der Waals surface area contributed by atoms with Crippen LogP contribution in [0.3, 0.4) is 0 Å². The second-order valence-electron chi connectivity index (χ2n) is 4.50. The van der Waals surface area contributed by atoms with Gasteiger partial charge in [-0.25, -0.2) is 4.79 Å². The maximum atomic E-state index is 11.6. The van der Waals surface area contributed by atoms with Gasteiger partial charge in [-0.05, 0) is 25.1 Å². The second-order valence-corrected chi connectivity index (χ2v) is 5.32. The Bertz CT molecular complexity index is 520. The minimum atomic E-state index is -1.53. The highest BCUT2D eigenvalue weighted by Crippen LogP contribution is 2.24. The van der Waals surface area contributed by atoms with Gasteiger partial charge in [0.1, 0.15) is 0 Å². The minimum absolute atomic E-state index is 0.202. The molecule has 4 N–H and O–H groups in total. The van der Waals surface area contributed by atoms with Crippen LogP contribution in [-0.4, -0.2) is 34.4 Å². The summed E-state index contributed by atoms with van der Waals surface area (Å²) in [5.41, 5.74) is -1.10. The molecule has 0 bridgehead atoms. The van der Waals surface area contributed by atoms with Crippen molar-refractivity contribution in [2.45, 2.75) is 18.9 Å². The van der Waals surface area contributed by atoms with Crippen molar-refractivity contribution in [3.05, 3.63) is 28.2 Å². The minimum Gasteiger partial charge on any atom is -0.481 e. The number of hydrogen-bond acceptors (Lipinski definition) is 3. The van der Waals surface area contributed by atoms with Crippen LogP contribution in [0.5, 0.6) is 0 Å². The Hall–Kier alpha value is -1.50. The number of urea groups is 1. The first kappa shape index (κ1) is 16.6. The molecule has 0 spiro atoms. The van der Waals surface area contributed by atoms with Crippen molar-refractivity contribution in [1.82, 2.24) is 5.32 Å². The Kier molecular flexibility index (Phi) is 5.62. The van der Waals surface area contributed by atoms with Crippen molar-refractivity contribution in [3.63, 3.8) is 0 Å². The number of nitrogens with one attached hydrogen (secondary N) is 2. The van der Waals surface area contributed by atoms with Gasteiger partial charge in [0.25, 0.3) is 0 Å². The number of hydrogen-bond donors (Lipinski definition) is 4. The number of aliphatic hydroxyl groups is 1. The highest BCUT2D eigenvalue weighted by Gasteiger charge is 2.24. The molecule has 8 heteroatoms. The molecule has 0 saturated heterocycles. The second kappa shape index (κ2) is 6.78. The number of carboxylic acids is 1. The van der Waals surface area contributed by atoms with Gasteiger partial charge in [-0.3, -0.25) is 4.79 Å². The third-order valence-electron chi connectivity index (χ3n) is 2.34. The van der Waals surface area contributed by atoms with Crippen LogP contribution in [-0.2, 0) is 4.79 Å². The zero-order chi connectivity index (χ0) is 15.3. The Morgan fingerprint density at radius 3 is 2.50 bits per heavy atom. The van der Waals surface area contributed by atoms with E-state index < -0.39 is 24.0 Å². The van der Waals surface area contributed by atoms with Crippen molar-refractivity contribution >= 4 is 40.9 Å². The van der Waals surface area contributed by atoms with Crippen LogP contribution < -0.4 is 10.6 Å². The molecule has 0 radical (unpaired) electrons. The summed E-state index contributed by atoms with van der Waals surface area (Å²) < 4.78 is 0. The monoisotopic (exact) mass is 320 g/mol. The number of rotatable bonds is 5. The third-order valence-corrected chi connectivity index (χ3v) is 3.08. The van der Waals surface area contributed by atoms with E-state index in [1.165, 1.54) is 19.1 Å². The van der Waals surface area contributed by atoms with Gasteiger partial charge in [-0.2, -0.15) is 0 Å². The zero-order valence-corrected chi connectivity index (χ0v) is 12.1. The van der Waals surface area contributed by atoms with Crippen LogP contribution in [0.4, 0.5) is 10.5 Å². The van der Waals surface area contributed by atoms with Gasteiger partial charge >= 0.3 is 12.0 Å². The van der Waals surface area contributed by atoms with Gasteiger partial charge in [0, 0.05) is 12.2 Å². The first-order chi connectivity index (χ1) is 9.19. The summed E-state index contributed by atoms with van der Waals surface area (Å²) in [6.45, 7) is 1.12. The molecule has 1 aromatic rings. The van der Waals surface area contributed by atoms with Crippen LogP contribution in [0, 0.1) is 0 Å². The Morgan fingerprint density at radius 2 is 1.95 bits per heavy atom. The van der Waals surface area contributed by atoms with Crippen molar-refractivity contribution in [2.75, 3.05) is 11.9 Å². The first-order valence-corrected chi connectivity index (χ1v) is 6.39. The molecule has 6 nitrogen and oxygen atoms in total. The number of halogens is 2. The van der Waals surface area contributed by atoms with Crippen LogP contribution in [0.25, 0.3) is 0 Å². The van der Waals surface area contributed by atoms with Gasteiger partial charge in [0.2, 0.25) is 0 Å². The van der Waals surface area contributed by atoms with E-state index in [9.17, 15) is 14.7 Å². The van der Waals surface area contributed by atoms with E-state index in [0.29, 0.717) is 15.7 Å². The van der Waals surface area contributed by atoms with E-state index in [1.54, 1.807) is 6.07 Å². The number of carbonyl (C=O) groups excluding carboxylic acids is 1. The lowest BCUT2D eigenvalue weighted by Crippen LogP contribution is -2.43. The molecule has 0 aliphatic rings. The summed E-state index contributed by atoms with van der Waals surface area (Å²) >= 11 is 11.5. The topological polar surface area (TPSA) is 98.7 Å². The van der Waals surface area contributed by atoms with Crippen molar-refractivity contribution in [2.24, 2.45) is 0 Å². The lowest BCUT2D eigenvalue weighted by molar-refractivity contribution is -0.141. The predicted molar refractivity (Wildman–Crippen MR) is 76.4 cm³/mol. The average molecular weight is 321 g/mol. The van der Waals surface area contributed by atoms with Crippen molar-refractivity contribution < 1.29 is 19.8 Å². The molecule has 1 rings (SSSR count). The number of carbonyl (C=O) groups is 2. The number of benzene rings is 1. The van der Waals surface area contributed by atoms with Crippen molar-refractivity contribution in [1.29, 1.82) is 0 Å². The Balaban J connectivity index is 2.51. The molecule has 110 valence electrons. The largest absolute Gasteiger partial charge is 0.481 e. The van der Waals surface area contributed by atoms with E-state index in [0.717, 1.165) is 0 Å². The van der Waals surface area contributed by atoms with E-state index in [1.807, 2.05) is 0 Å². The van der Waals surface area contributed by atoms with Gasteiger partial charge in [0.15, 0.2) is 0 Å². The molecule has 1 aromatic carbocycles. The van der Waals surface area contributed by atoms with Crippen LogP contribution in [0.1, 0.15) is 13.3 Å². The molecule has 1 unspecified atom stereocenters. The van der Waals surface area contributed by atoms with Crippen LogP contribution in [0.15, 0.2) is 18.2 Å². The molecule has 1 atom stereocenters. The lowest BCUT2D eigenvalue weighted by Gasteiger charge is -2.21. The fraction of sp³-hybridized carbons (Fsp3) is 0.333. The number of carboxylic acid groups (broad SMARTS) is 1. The van der Waals surface area contributed by atoms with Crippen LogP contribution in [0.2, 0.25) is 10.0 Å². The zero-order valence-electron chi connectivity index (χ0n) is 10.6. The van der Waals surface area contributed by atoms with Crippen LogP contribution >= 0.6 is 23.2 Å². The molecular weight excluding hydrogens is 307 g/mol. The summed E-state index contributed by atoms with van der Waals surface area (Å²) in [6.07, 6.45) is -0.472. The van der Waals surface area contributed by atoms with E-state index in [2.05, 4.69) is 10.6 Å². The third kappa shape index (κ3) is 5.64. The molecule has 0 saturated carbocycles. The van der Waals surface area contributed by atoms with Crippen molar-refractivity contribution in [3.8, 4) is 0 Å². The summed E-state index contributed by atoms with van der Waals surface area (Å²) in [5, 5.41) is 23.8. The number of amides is 2. The van der Waals surface area contributed by atoms with Gasteiger partial charge < -0.3 is 20.8 Å². The highest BCUT2D eigenvalue weighted by atomic mass is 35.5. The SMILES string of the molecule is CC(O)(CNC(=O)Nc1ccc(Cl)c(Cl)c1)CC(=O)O. The quantitative estimate of drug-likeness (QED) is 0.669. The standard InChI is InChI=1S/C12H14Cl2N2O4/c1-12(20,5-10(17)18)6-15-11(19)16-7-2-3-8(13)9(14)4-7/h2-4,20H,5-6H2,1H3,(H,17,18)(H2,15,16,19). The molecule has 2 amide bonds. The molecule has 0 aliphatic heterocycles. The number of aliphatic carboxylic acids is 1. The highest BCUT2D eigenvalue weighted by molar-refractivity contribution is 6.42. The fourth-order valence-electron chi connectivity index (χ4n) is 1.41. The summed E-state index contributed by atoms with van der Waals surface area (Å²) in [6, 6.07) is 3.97. The van der Waals surface area contributed by atoms with E-state index in [-0.39, 0.29) is 6.54 Å². The molecule has 0 fully saturated rings. The summed E-state index contributed by atoms with van der Waals surface area (Å²) in [7, 11) is 0. The summed E-state index contributed by atoms with van der Waals surface area (Å²) in [4.78, 5) is 22.1. The maximum Gasteiger partial charge on any atom is 0.319 e. The van der Waals surface area contributed by atoms with E-state index >= 15 is 0 Å². The smallest absolute Gasteiger partial charge is 0.319 e. The maximum absolute atomic E-state index is 11.6. The Labute approximate surface area is 125 Å². The average Bonchev–Trinajstić information content (AvgIpc) is 2.30. The molecule has 0 aromatic heterocycles. The Morgan fingerprint density at radius 1 is 1.30 bits per heavy atom. The normalized spacial score (nSPS) is 13.4. The fourth-order valence-corrected chi connectivity index (χ4v) is 1.71. The summed E-state index contributed by atoms with van der Waals surface area (Å²) in [5.74, 6) is -1.15. The van der Waals surface area contributed by atoms with Gasteiger partial charge in [-0.1, -0.05) is 23.2 Å². The number of anilines is 1. The first-order valence-electron chi connectivity index (χ1n) is 5.64. The predicted octanol–water partition coefficient (Wildman–Crippen LogP) is 2.34. The molecule has 20 heavy (non-hydrogen) atoms.